The summed E-state index contributed by atoms with van der Waals surface area (Å²) in [6, 6.07) is 22.6. The molecular weight excluding hydrogens is 867 g/mol. The molecule has 4 aliphatic carbocycles. The molecule has 3 saturated carbocycles. The predicted molar refractivity (Wildman–Crippen MR) is 236 cm³/mol. The van der Waals surface area contributed by atoms with Crippen LogP contribution >= 0.6 is 0 Å². The molecule has 0 aliphatic heterocycles. The average Bonchev–Trinajstić information content (AvgIpc) is 3.30. The molecule has 4 aliphatic rings. The molecule has 1 amide bonds. The molecule has 0 radical (unpaired) electrons. The SMILES string of the molecule is CC(=O)O[C@H]1C(=O)[C@]2(C)[C@@H](O)CC3CC[C@@]3(OC(C)=O)[C@H]2[C@H](OC(=O)c2ccccc2)[C@]2(O)C[C@H](OC(=O)[C@H](OC(=O)CO)[C@@H](NC(=O)c3ccccc3)c3ccccc3)C(C)=C1C2C(C)C. The number of Topliss-reactive ketones (excluding diaryl/α,β-unsaturated/α-hetero) is 1. The molecule has 0 saturated heterocycles. The van der Waals surface area contributed by atoms with Crippen molar-refractivity contribution >= 4 is 41.5 Å². The van der Waals surface area contributed by atoms with Crippen LogP contribution in [0.2, 0.25) is 0 Å². The normalized spacial score (nSPS) is 30.7. The first-order chi connectivity index (χ1) is 31.8. The van der Waals surface area contributed by atoms with E-state index in [2.05, 4.69) is 5.32 Å². The minimum atomic E-state index is -2.37. The summed E-state index contributed by atoms with van der Waals surface area (Å²) in [5.74, 6) is -10.3. The Hall–Kier alpha value is -6.23. The molecule has 67 heavy (non-hydrogen) atoms. The van der Waals surface area contributed by atoms with E-state index in [0.29, 0.717) is 12.0 Å². The van der Waals surface area contributed by atoms with Gasteiger partial charge in [-0.1, -0.05) is 80.6 Å². The molecular formula is C51H57NO15. The van der Waals surface area contributed by atoms with Crippen LogP contribution in [0.3, 0.4) is 0 Å². The zero-order chi connectivity index (χ0) is 48.6. The Labute approximate surface area is 388 Å². The number of hydrogen-bond donors (Lipinski definition) is 4. The van der Waals surface area contributed by atoms with Crippen LogP contribution in [-0.2, 0) is 47.7 Å². The lowest BCUT2D eigenvalue weighted by Gasteiger charge is -2.67. The number of aliphatic hydroxyl groups is 3. The van der Waals surface area contributed by atoms with Crippen LogP contribution in [-0.4, -0.2) is 105 Å². The van der Waals surface area contributed by atoms with Gasteiger partial charge in [0.05, 0.1) is 23.0 Å². The van der Waals surface area contributed by atoms with E-state index in [-0.39, 0.29) is 35.1 Å². The molecule has 356 valence electrons. The minimum absolute atomic E-state index is 0.0141. The third-order valence-electron chi connectivity index (χ3n) is 14.3. The molecule has 3 aromatic rings. The van der Waals surface area contributed by atoms with E-state index < -0.39 is 131 Å². The Bertz CT molecular complexity index is 2420. The predicted octanol–water partition coefficient (Wildman–Crippen LogP) is 4.54. The first kappa shape index (κ1) is 48.7. The summed E-state index contributed by atoms with van der Waals surface area (Å²) in [4.78, 5) is 98.1. The van der Waals surface area contributed by atoms with E-state index >= 15 is 4.79 Å². The number of amides is 1. The van der Waals surface area contributed by atoms with Gasteiger partial charge in [-0.05, 0) is 80.0 Å². The van der Waals surface area contributed by atoms with Crippen molar-refractivity contribution in [3.63, 3.8) is 0 Å². The van der Waals surface area contributed by atoms with Gasteiger partial charge in [0.1, 0.15) is 36.1 Å². The number of fused-ring (bicyclic) bond motifs is 5. The molecule has 3 aromatic carbocycles. The number of carbonyl (C=O) groups is 7. The van der Waals surface area contributed by atoms with E-state index in [9.17, 15) is 44.1 Å². The van der Waals surface area contributed by atoms with Crippen molar-refractivity contribution < 1.29 is 72.6 Å². The van der Waals surface area contributed by atoms with Gasteiger partial charge in [-0.3, -0.25) is 19.2 Å². The fourth-order valence-electron chi connectivity index (χ4n) is 11.3. The Kier molecular flexibility index (Phi) is 13.9. The second-order valence-electron chi connectivity index (χ2n) is 18.6. The standard InChI is InChI=1S/C51H57NO15/c1-27(2)39-38-28(3)35(64-48(61)42(65-37(57)26-53)40(31-16-10-7-11-17-31)52-46(59)32-18-12-8-13-19-32)25-50(39,62)45(66-47(60)33-20-14-9-15-21-33)43-49(6,44(58)41(38)63-29(4)54)36(56)24-34-22-23-51(34,43)67-30(5)55/h7-21,27,34-36,39-43,45,53,56,62H,22-26H2,1-6H3,(H,52,59)/t34?,35-,36-,39?,40-,41+,42+,43-,45-,49+,50-,51-/m0/s1. The van der Waals surface area contributed by atoms with Gasteiger partial charge in [0.25, 0.3) is 5.91 Å². The van der Waals surface area contributed by atoms with E-state index in [0.717, 1.165) is 6.92 Å². The maximum Gasteiger partial charge on any atom is 0.350 e. The number of nitrogens with one attached hydrogen (secondary N) is 1. The number of ketones is 1. The van der Waals surface area contributed by atoms with Crippen molar-refractivity contribution in [1.29, 1.82) is 0 Å². The third-order valence-corrected chi connectivity index (χ3v) is 14.3. The summed E-state index contributed by atoms with van der Waals surface area (Å²) in [6.45, 7) is 7.60. The van der Waals surface area contributed by atoms with Crippen LogP contribution in [0.25, 0.3) is 0 Å². The molecule has 12 atom stereocenters. The molecule has 0 aromatic heterocycles. The first-order valence-electron chi connectivity index (χ1n) is 22.5. The summed E-state index contributed by atoms with van der Waals surface area (Å²) < 4.78 is 30.6. The number of aliphatic hydroxyl groups excluding tert-OH is 2. The van der Waals surface area contributed by atoms with Crippen molar-refractivity contribution in [3.8, 4) is 0 Å². The molecule has 7 rings (SSSR count). The zero-order valence-corrected chi connectivity index (χ0v) is 38.2. The zero-order valence-electron chi connectivity index (χ0n) is 38.2. The molecule has 2 bridgehead atoms. The Morgan fingerprint density at radius 3 is 1.97 bits per heavy atom. The second-order valence-corrected chi connectivity index (χ2v) is 18.6. The molecule has 16 heteroatoms. The van der Waals surface area contributed by atoms with Gasteiger partial charge < -0.3 is 44.3 Å². The van der Waals surface area contributed by atoms with Crippen LogP contribution in [0, 0.1) is 29.1 Å². The van der Waals surface area contributed by atoms with Gasteiger partial charge in [-0.25, -0.2) is 14.4 Å². The summed E-state index contributed by atoms with van der Waals surface area (Å²) in [7, 11) is 0. The van der Waals surface area contributed by atoms with Gasteiger partial charge in [0.2, 0.25) is 6.10 Å². The lowest BCUT2D eigenvalue weighted by atomic mass is 9.42. The highest BCUT2D eigenvalue weighted by Gasteiger charge is 2.76. The maximum atomic E-state index is 15.7. The quantitative estimate of drug-likeness (QED) is 0.105. The number of hydrogen-bond acceptors (Lipinski definition) is 15. The fourth-order valence-corrected chi connectivity index (χ4v) is 11.3. The monoisotopic (exact) mass is 923 g/mol. The lowest BCUT2D eigenvalue weighted by Crippen LogP contribution is -2.78. The number of benzene rings is 3. The van der Waals surface area contributed by atoms with Crippen LogP contribution in [0.1, 0.15) is 99.5 Å². The van der Waals surface area contributed by atoms with Crippen molar-refractivity contribution in [3.05, 3.63) is 119 Å². The fraction of sp³-hybridized carbons (Fsp3) is 0.471. The summed E-state index contributed by atoms with van der Waals surface area (Å²) in [5, 5.41) is 38.8. The number of rotatable bonds is 13. The van der Waals surface area contributed by atoms with E-state index in [4.69, 9.17) is 23.7 Å². The molecule has 16 nitrogen and oxygen atoms in total. The molecule has 2 unspecified atom stereocenters. The molecule has 0 spiro atoms. The van der Waals surface area contributed by atoms with E-state index in [1.165, 1.54) is 45.0 Å². The minimum Gasteiger partial charge on any atom is -0.458 e. The topological polar surface area (TPSA) is 238 Å². The summed E-state index contributed by atoms with van der Waals surface area (Å²) in [5.41, 5.74) is -5.20. The van der Waals surface area contributed by atoms with Crippen LogP contribution in [0.5, 0.6) is 0 Å². The van der Waals surface area contributed by atoms with Crippen LogP contribution in [0.15, 0.2) is 102 Å². The van der Waals surface area contributed by atoms with Gasteiger partial charge >= 0.3 is 29.8 Å². The maximum absolute atomic E-state index is 15.7. The van der Waals surface area contributed by atoms with Crippen molar-refractivity contribution in [2.45, 2.75) is 115 Å². The average molecular weight is 924 g/mol. The molecule has 0 heterocycles. The first-order valence-corrected chi connectivity index (χ1v) is 22.5. The third kappa shape index (κ3) is 8.89. The number of esters is 5. The Morgan fingerprint density at radius 2 is 1.43 bits per heavy atom. The van der Waals surface area contributed by atoms with Crippen LogP contribution in [0.4, 0.5) is 0 Å². The largest absolute Gasteiger partial charge is 0.458 e. The number of carbonyl (C=O) groups excluding carboxylic acids is 7. The van der Waals surface area contributed by atoms with Gasteiger partial charge in [-0.15, -0.1) is 0 Å². The highest BCUT2D eigenvalue weighted by Crippen LogP contribution is 2.66. The highest BCUT2D eigenvalue weighted by molar-refractivity contribution is 5.96. The van der Waals surface area contributed by atoms with E-state index in [1.807, 2.05) is 0 Å². The van der Waals surface area contributed by atoms with Gasteiger partial charge in [-0.2, -0.15) is 0 Å². The molecule has 4 N–H and O–H groups in total. The summed E-state index contributed by atoms with van der Waals surface area (Å²) in [6.07, 6.45) is -8.58. The van der Waals surface area contributed by atoms with Gasteiger partial charge in [0.15, 0.2) is 11.9 Å². The van der Waals surface area contributed by atoms with E-state index in [1.54, 1.807) is 80.6 Å². The Balaban J connectivity index is 1.44. The lowest BCUT2D eigenvalue weighted by molar-refractivity contribution is -0.292. The van der Waals surface area contributed by atoms with Gasteiger partial charge in [0, 0.05) is 37.7 Å². The summed E-state index contributed by atoms with van der Waals surface area (Å²) >= 11 is 0. The number of ether oxygens (including phenoxy) is 5. The molecule has 3 fully saturated rings. The van der Waals surface area contributed by atoms with Crippen molar-refractivity contribution in [1.82, 2.24) is 5.32 Å². The van der Waals surface area contributed by atoms with Crippen LogP contribution < -0.4 is 5.32 Å². The van der Waals surface area contributed by atoms with Crippen molar-refractivity contribution in [2.75, 3.05) is 6.61 Å². The van der Waals surface area contributed by atoms with Crippen molar-refractivity contribution in [2.24, 2.45) is 29.1 Å². The second kappa shape index (κ2) is 19.2. The smallest absolute Gasteiger partial charge is 0.350 e. The highest BCUT2D eigenvalue weighted by atomic mass is 16.6. The Morgan fingerprint density at radius 1 is 0.836 bits per heavy atom.